The average molecular weight is 739 g/mol. The van der Waals surface area contributed by atoms with E-state index < -0.39 is 55.1 Å². The Morgan fingerprint density at radius 3 is 1.30 bits per heavy atom. The number of aliphatic hydroxyl groups is 1. The largest absolute Gasteiger partial charge is 1.00 e. The molecule has 0 radical (unpaired) electrons. The van der Waals surface area contributed by atoms with E-state index in [1.165, 1.54) is 0 Å². The topological polar surface area (TPSA) is 209 Å². The molecule has 14 nitrogen and oxygen atoms in total. The van der Waals surface area contributed by atoms with E-state index in [1.54, 1.807) is 41.5 Å². The summed E-state index contributed by atoms with van der Waals surface area (Å²) in [6.07, 6.45) is 2.69. The van der Waals surface area contributed by atoms with E-state index in [-0.39, 0.29) is 106 Å². The number of carbonyl (C=O) groups excluding carboxylic acids is 5. The first-order chi connectivity index (χ1) is 22.6. The fourth-order valence-corrected chi connectivity index (χ4v) is 4.24. The van der Waals surface area contributed by atoms with Gasteiger partial charge in [0.25, 0.3) is 0 Å². The Bertz CT molecular complexity index is 1400. The van der Waals surface area contributed by atoms with Gasteiger partial charge in [0.2, 0.25) is 0 Å². The van der Waals surface area contributed by atoms with Crippen LogP contribution in [0.15, 0.2) is 23.1 Å². The van der Waals surface area contributed by atoms with Gasteiger partial charge < -0.3 is 33.3 Å². The third-order valence-electron chi connectivity index (χ3n) is 6.90. The Morgan fingerprint density at radius 2 is 0.960 bits per heavy atom. The summed E-state index contributed by atoms with van der Waals surface area (Å²) in [5.41, 5.74) is -2.97. The molecule has 0 amide bonds. The summed E-state index contributed by atoms with van der Waals surface area (Å²) in [7, 11) is -5.09. The number of hydrogen-bond acceptors (Lipinski definition) is 14. The molecule has 278 valence electrons. The van der Waals surface area contributed by atoms with E-state index >= 15 is 0 Å². The normalized spacial score (nSPS) is 11.9. The zero-order valence-electron chi connectivity index (χ0n) is 30.6. The summed E-state index contributed by atoms with van der Waals surface area (Å²) in [5, 5.41) is 9.22. The van der Waals surface area contributed by atoms with Crippen molar-refractivity contribution in [2.45, 2.75) is 98.3 Å². The van der Waals surface area contributed by atoms with Crippen molar-refractivity contribution in [3.05, 3.63) is 29.3 Å². The number of unbranched alkanes of at least 4 members (excludes halogenated alkanes) is 2. The zero-order valence-corrected chi connectivity index (χ0v) is 33.4. The van der Waals surface area contributed by atoms with Gasteiger partial charge in [-0.1, -0.05) is 54.9 Å². The van der Waals surface area contributed by atoms with Gasteiger partial charge in [-0.3, -0.25) is 14.4 Å². The number of ether oxygens (including phenoxy) is 5. The molecule has 1 aromatic carbocycles. The van der Waals surface area contributed by atoms with Crippen molar-refractivity contribution in [2.24, 2.45) is 16.2 Å². The Morgan fingerprint density at radius 1 is 0.620 bits per heavy atom. The molecule has 0 unspecified atom stereocenters. The smallest absolute Gasteiger partial charge is 0.744 e. The van der Waals surface area contributed by atoms with E-state index in [0.29, 0.717) is 19.3 Å². The quantitative estimate of drug-likeness (QED) is 0.0586. The van der Waals surface area contributed by atoms with E-state index in [2.05, 4.69) is 0 Å². The van der Waals surface area contributed by atoms with Gasteiger partial charge in [-0.25, -0.2) is 18.0 Å². The minimum absolute atomic E-state index is 0. The molecule has 0 bridgehead atoms. The maximum Gasteiger partial charge on any atom is 1.00 e. The number of hydrogen-bond donors (Lipinski definition) is 1. The van der Waals surface area contributed by atoms with E-state index in [0.717, 1.165) is 24.6 Å². The molecule has 1 N–H and O–H groups in total. The van der Waals surface area contributed by atoms with Crippen LogP contribution in [-0.4, -0.2) is 87.6 Å². The van der Waals surface area contributed by atoms with Gasteiger partial charge in [-0.15, -0.1) is 0 Å². The van der Waals surface area contributed by atoms with Crippen LogP contribution in [0.4, 0.5) is 0 Å². The van der Waals surface area contributed by atoms with E-state index in [9.17, 15) is 42.0 Å². The van der Waals surface area contributed by atoms with Gasteiger partial charge in [0.05, 0.1) is 55.7 Å². The first kappa shape index (κ1) is 47.4. The monoisotopic (exact) mass is 738 g/mol. The van der Waals surface area contributed by atoms with Crippen LogP contribution in [0.25, 0.3) is 0 Å². The number of carbonyl (C=O) groups is 5. The van der Waals surface area contributed by atoms with Gasteiger partial charge in [0.15, 0.2) is 0 Å². The molecule has 0 fully saturated rings. The summed E-state index contributed by atoms with van der Waals surface area (Å²) in [6, 6.07) is 2.62. The predicted octanol–water partition coefficient (Wildman–Crippen LogP) is 1.36. The summed E-state index contributed by atoms with van der Waals surface area (Å²) < 4.78 is 61.7. The summed E-state index contributed by atoms with van der Waals surface area (Å²) >= 11 is 0. The molecule has 0 aromatic heterocycles. The van der Waals surface area contributed by atoms with Gasteiger partial charge >= 0.3 is 59.4 Å². The average Bonchev–Trinajstić information content (AvgIpc) is 3.03. The van der Waals surface area contributed by atoms with Crippen LogP contribution in [0, 0.1) is 16.2 Å². The van der Waals surface area contributed by atoms with Crippen LogP contribution in [0.3, 0.4) is 0 Å². The van der Waals surface area contributed by atoms with Gasteiger partial charge in [0, 0.05) is 35.5 Å². The van der Waals surface area contributed by atoms with Crippen LogP contribution in [0.1, 0.15) is 114 Å². The number of benzene rings is 1. The molecule has 0 aliphatic heterocycles. The van der Waals surface area contributed by atoms with E-state index in [1.807, 2.05) is 6.92 Å². The molecule has 50 heavy (non-hydrogen) atoms. The summed E-state index contributed by atoms with van der Waals surface area (Å²) in [6.45, 7) is 11.4. The summed E-state index contributed by atoms with van der Waals surface area (Å²) in [5.74, 6) is -3.39. The first-order valence-electron chi connectivity index (χ1n) is 16.1. The molecule has 0 atom stereocenters. The molecule has 0 heterocycles. The number of aliphatic hydroxyl groups excluding tert-OH is 1. The van der Waals surface area contributed by atoms with Crippen molar-refractivity contribution in [1.29, 1.82) is 0 Å². The van der Waals surface area contributed by atoms with E-state index in [4.69, 9.17) is 23.7 Å². The zero-order chi connectivity index (χ0) is 37.5. The van der Waals surface area contributed by atoms with Gasteiger partial charge in [-0.2, -0.15) is 0 Å². The van der Waals surface area contributed by atoms with Crippen molar-refractivity contribution in [1.82, 2.24) is 0 Å². The maximum absolute atomic E-state index is 12.9. The Hall–Kier alpha value is -2.56. The number of rotatable bonds is 22. The minimum atomic E-state index is -5.09. The van der Waals surface area contributed by atoms with Crippen molar-refractivity contribution in [2.75, 3.05) is 39.6 Å². The summed E-state index contributed by atoms with van der Waals surface area (Å²) in [4.78, 5) is 60.8. The van der Waals surface area contributed by atoms with Crippen molar-refractivity contribution < 1.29 is 95.3 Å². The first-order valence-corrected chi connectivity index (χ1v) is 17.5. The van der Waals surface area contributed by atoms with Crippen molar-refractivity contribution in [3.8, 4) is 0 Å². The molecule has 0 saturated carbocycles. The predicted molar refractivity (Wildman–Crippen MR) is 174 cm³/mol. The van der Waals surface area contributed by atoms with Crippen LogP contribution < -0.4 is 29.6 Å². The Labute approximate surface area is 317 Å². The Kier molecular flexibility index (Phi) is 20.6. The number of esters is 5. The molecule has 1 rings (SSSR count). The van der Waals surface area contributed by atoms with Gasteiger partial charge in [-0.05, 0) is 37.5 Å². The standard InChI is InChI=1S/C34H52O14S.Na/c1-8-9-12-27(36)45-20-33(4,5)22-47-30(39)24-15-25(17-26(16-24)49(41,42)43)31(40)48-23-34(6,7)21-46-29(38)14-11-10-13-28(37)44-19-32(2,3)18-35;/h15-17,35H,8-14,18-23H2,1-7H3,(H,41,42,43);/q;+1/p-1. The molecule has 0 aliphatic rings. The maximum atomic E-state index is 12.9. The Balaban J connectivity index is 0.0000240. The van der Waals surface area contributed by atoms with Crippen LogP contribution in [0.5, 0.6) is 0 Å². The van der Waals surface area contributed by atoms with Crippen molar-refractivity contribution >= 4 is 40.0 Å². The minimum Gasteiger partial charge on any atom is -0.744 e. The SMILES string of the molecule is CCCCC(=O)OCC(C)(C)COC(=O)c1cc(C(=O)OCC(C)(C)COC(=O)CCCCC(=O)OCC(C)(C)CO)cc(S(=O)(=O)[O-])c1.[Na+]. The fourth-order valence-electron chi connectivity index (χ4n) is 3.70. The molecule has 0 saturated heterocycles. The third-order valence-corrected chi connectivity index (χ3v) is 7.71. The second-order valence-corrected chi connectivity index (χ2v) is 15.7. The second-order valence-electron chi connectivity index (χ2n) is 14.3. The molecule has 0 spiro atoms. The fraction of sp³-hybridized carbons (Fsp3) is 0.676. The van der Waals surface area contributed by atoms with Crippen LogP contribution in [0.2, 0.25) is 0 Å². The third kappa shape index (κ3) is 19.7. The molecular formula is C34H51NaO14S. The second kappa shape index (κ2) is 21.7. The van der Waals surface area contributed by atoms with Gasteiger partial charge in [0.1, 0.15) is 10.1 Å². The molecule has 16 heteroatoms. The molecular weight excluding hydrogens is 687 g/mol. The van der Waals surface area contributed by atoms with Crippen LogP contribution >= 0.6 is 0 Å². The molecule has 1 aromatic rings. The van der Waals surface area contributed by atoms with Crippen molar-refractivity contribution in [3.63, 3.8) is 0 Å². The molecule has 0 aliphatic carbocycles. The van der Waals surface area contributed by atoms with Crippen LogP contribution in [-0.2, 0) is 48.2 Å².